The predicted molar refractivity (Wildman–Crippen MR) is 105 cm³/mol. The molecule has 1 heterocycles. The Kier molecular flexibility index (Phi) is 4.45. The molecule has 0 spiro atoms. The van der Waals surface area contributed by atoms with Crippen molar-refractivity contribution in [2.75, 3.05) is 7.11 Å². The molecule has 3 aromatic rings. The van der Waals surface area contributed by atoms with Crippen LogP contribution >= 0.6 is 11.6 Å². The van der Waals surface area contributed by atoms with Crippen molar-refractivity contribution in [3.63, 3.8) is 0 Å². The summed E-state index contributed by atoms with van der Waals surface area (Å²) in [6, 6.07) is 11.5. The third-order valence-corrected chi connectivity index (χ3v) is 5.48. The highest BCUT2D eigenvalue weighted by atomic mass is 35.5. The van der Waals surface area contributed by atoms with Gasteiger partial charge in [-0.2, -0.15) is 0 Å². The van der Waals surface area contributed by atoms with Crippen molar-refractivity contribution >= 4 is 22.5 Å². The number of hydrogen-bond acceptors (Lipinski definition) is 3. The monoisotopic (exact) mass is 368 g/mol. The van der Waals surface area contributed by atoms with Gasteiger partial charge in [0.15, 0.2) is 0 Å². The van der Waals surface area contributed by atoms with E-state index in [1.807, 2.05) is 35.8 Å². The van der Waals surface area contributed by atoms with Crippen molar-refractivity contribution in [2.45, 2.75) is 38.6 Å². The summed E-state index contributed by atoms with van der Waals surface area (Å²) in [6.07, 6.45) is 4.27. The number of hydrogen-bond donors (Lipinski definition) is 0. The Balaban J connectivity index is 2.04. The van der Waals surface area contributed by atoms with E-state index in [9.17, 15) is 4.79 Å². The van der Waals surface area contributed by atoms with Gasteiger partial charge >= 0.3 is 0 Å². The molecule has 4 nitrogen and oxygen atoms in total. The lowest BCUT2D eigenvalue weighted by Gasteiger charge is -2.20. The highest BCUT2D eigenvalue weighted by Crippen LogP contribution is 2.35. The van der Waals surface area contributed by atoms with E-state index in [1.165, 1.54) is 0 Å². The summed E-state index contributed by atoms with van der Waals surface area (Å²) in [7, 11) is 1.61. The highest BCUT2D eigenvalue weighted by Gasteiger charge is 2.24. The van der Waals surface area contributed by atoms with Gasteiger partial charge in [0.25, 0.3) is 5.56 Å². The van der Waals surface area contributed by atoms with Crippen LogP contribution < -0.4 is 10.3 Å². The largest absolute Gasteiger partial charge is 0.497 e. The van der Waals surface area contributed by atoms with Gasteiger partial charge in [0.2, 0.25) is 0 Å². The first kappa shape index (κ1) is 17.1. The maximum Gasteiger partial charge on any atom is 0.261 e. The topological polar surface area (TPSA) is 44.1 Å². The number of ether oxygens (including phenoxy) is 1. The molecule has 0 aliphatic heterocycles. The van der Waals surface area contributed by atoms with E-state index < -0.39 is 0 Å². The Bertz CT molecular complexity index is 1040. The second kappa shape index (κ2) is 6.76. The standard InChI is InChI=1S/C21H21ClN2O2/c1-13-7-9-16(18(22)11-13)20-23-19-12-15(26-2)8-10-17(19)21(25)24(20)14-5-3-4-6-14/h7-12,14H,3-6H2,1-2H3. The van der Waals surface area contributed by atoms with Crippen molar-refractivity contribution in [1.82, 2.24) is 9.55 Å². The lowest BCUT2D eigenvalue weighted by atomic mass is 10.1. The predicted octanol–water partition coefficient (Wildman–Crippen LogP) is 5.15. The van der Waals surface area contributed by atoms with Crippen molar-refractivity contribution < 1.29 is 4.74 Å². The van der Waals surface area contributed by atoms with Gasteiger partial charge in [0, 0.05) is 17.7 Å². The van der Waals surface area contributed by atoms with E-state index in [1.54, 1.807) is 19.2 Å². The van der Waals surface area contributed by atoms with Gasteiger partial charge in [0.05, 0.1) is 23.0 Å². The lowest BCUT2D eigenvalue weighted by Crippen LogP contribution is -2.26. The van der Waals surface area contributed by atoms with Gasteiger partial charge in [-0.15, -0.1) is 0 Å². The fourth-order valence-corrected chi connectivity index (χ4v) is 4.12. The van der Waals surface area contributed by atoms with Crippen LogP contribution in [0.5, 0.6) is 5.75 Å². The molecule has 0 radical (unpaired) electrons. The fourth-order valence-electron chi connectivity index (χ4n) is 3.80. The zero-order valence-electron chi connectivity index (χ0n) is 15.0. The van der Waals surface area contributed by atoms with Crippen LogP contribution in [0.3, 0.4) is 0 Å². The second-order valence-electron chi connectivity index (χ2n) is 6.92. The summed E-state index contributed by atoms with van der Waals surface area (Å²) < 4.78 is 7.16. The Labute approximate surface area is 157 Å². The van der Waals surface area contributed by atoms with E-state index in [4.69, 9.17) is 21.3 Å². The van der Waals surface area contributed by atoms with Gasteiger partial charge in [-0.05, 0) is 49.6 Å². The molecule has 1 fully saturated rings. The fraction of sp³-hybridized carbons (Fsp3) is 0.333. The quantitative estimate of drug-likeness (QED) is 0.642. The number of aryl methyl sites for hydroxylation is 1. The maximum atomic E-state index is 13.3. The van der Waals surface area contributed by atoms with E-state index >= 15 is 0 Å². The minimum absolute atomic E-state index is 0.00352. The van der Waals surface area contributed by atoms with E-state index in [0.29, 0.717) is 27.5 Å². The average molecular weight is 369 g/mol. The number of rotatable bonds is 3. The van der Waals surface area contributed by atoms with Crippen LogP contribution in [-0.4, -0.2) is 16.7 Å². The van der Waals surface area contributed by atoms with Crippen LogP contribution in [0.1, 0.15) is 37.3 Å². The third kappa shape index (κ3) is 2.88. The van der Waals surface area contributed by atoms with Crippen LogP contribution in [0.25, 0.3) is 22.3 Å². The maximum absolute atomic E-state index is 13.3. The summed E-state index contributed by atoms with van der Waals surface area (Å²) in [5.41, 5.74) is 2.51. The third-order valence-electron chi connectivity index (χ3n) is 5.16. The molecule has 0 saturated heterocycles. The van der Waals surface area contributed by atoms with Crippen LogP contribution in [0.15, 0.2) is 41.2 Å². The van der Waals surface area contributed by atoms with Crippen LogP contribution in [0, 0.1) is 6.92 Å². The molecule has 5 heteroatoms. The molecule has 0 bridgehead atoms. The molecule has 26 heavy (non-hydrogen) atoms. The Morgan fingerprint density at radius 2 is 1.92 bits per heavy atom. The minimum atomic E-state index is -0.00352. The molecule has 0 N–H and O–H groups in total. The Morgan fingerprint density at radius 1 is 1.15 bits per heavy atom. The highest BCUT2D eigenvalue weighted by molar-refractivity contribution is 6.33. The molecule has 0 amide bonds. The molecule has 4 rings (SSSR count). The van der Waals surface area contributed by atoms with Crippen molar-refractivity contribution in [3.8, 4) is 17.1 Å². The average Bonchev–Trinajstić information content (AvgIpc) is 3.15. The van der Waals surface area contributed by atoms with E-state index in [2.05, 4.69) is 0 Å². The summed E-state index contributed by atoms with van der Waals surface area (Å²) in [4.78, 5) is 18.2. The summed E-state index contributed by atoms with van der Waals surface area (Å²) >= 11 is 6.52. The normalized spacial score (nSPS) is 14.9. The zero-order chi connectivity index (χ0) is 18.3. The van der Waals surface area contributed by atoms with Crippen molar-refractivity contribution in [1.29, 1.82) is 0 Å². The minimum Gasteiger partial charge on any atom is -0.497 e. The molecule has 134 valence electrons. The molecule has 0 atom stereocenters. The van der Waals surface area contributed by atoms with Gasteiger partial charge < -0.3 is 4.74 Å². The molecular formula is C21H21ClN2O2. The van der Waals surface area contributed by atoms with Gasteiger partial charge in [-0.25, -0.2) is 4.98 Å². The molecule has 0 unspecified atom stereocenters. The molecule has 2 aromatic carbocycles. The van der Waals surface area contributed by atoms with E-state index in [-0.39, 0.29) is 11.6 Å². The summed E-state index contributed by atoms with van der Waals surface area (Å²) in [5.74, 6) is 1.33. The van der Waals surface area contributed by atoms with Gasteiger partial charge in [0.1, 0.15) is 11.6 Å². The smallest absolute Gasteiger partial charge is 0.261 e. The number of benzene rings is 2. The second-order valence-corrected chi connectivity index (χ2v) is 7.32. The van der Waals surface area contributed by atoms with Gasteiger partial charge in [-0.1, -0.05) is 30.5 Å². The van der Waals surface area contributed by atoms with Crippen LogP contribution in [0.4, 0.5) is 0 Å². The number of methoxy groups -OCH3 is 1. The molecule has 1 saturated carbocycles. The number of aromatic nitrogens is 2. The zero-order valence-corrected chi connectivity index (χ0v) is 15.7. The molecule has 1 aromatic heterocycles. The van der Waals surface area contributed by atoms with Crippen molar-refractivity contribution in [2.24, 2.45) is 0 Å². The van der Waals surface area contributed by atoms with E-state index in [0.717, 1.165) is 36.8 Å². The lowest BCUT2D eigenvalue weighted by molar-refractivity contribution is 0.415. The Morgan fingerprint density at radius 3 is 2.62 bits per heavy atom. The van der Waals surface area contributed by atoms with Crippen LogP contribution in [0.2, 0.25) is 5.02 Å². The number of nitrogens with zero attached hydrogens (tertiary/aromatic N) is 2. The molecule has 1 aliphatic rings. The van der Waals surface area contributed by atoms with Crippen LogP contribution in [-0.2, 0) is 0 Å². The summed E-state index contributed by atoms with van der Waals surface area (Å²) in [5, 5.41) is 1.23. The molecular weight excluding hydrogens is 348 g/mol. The Hall–Kier alpha value is -2.33. The first-order chi connectivity index (χ1) is 12.6. The molecule has 1 aliphatic carbocycles. The SMILES string of the molecule is COc1ccc2c(=O)n(C3CCCC3)c(-c3ccc(C)cc3Cl)nc2c1. The first-order valence-corrected chi connectivity index (χ1v) is 9.33. The van der Waals surface area contributed by atoms with Gasteiger partial charge in [-0.3, -0.25) is 9.36 Å². The summed E-state index contributed by atoms with van der Waals surface area (Å²) in [6.45, 7) is 2.00. The van der Waals surface area contributed by atoms with Crippen molar-refractivity contribution in [3.05, 3.63) is 57.3 Å². The number of halogens is 1. The first-order valence-electron chi connectivity index (χ1n) is 8.95. The number of fused-ring (bicyclic) bond motifs is 1.